The highest BCUT2D eigenvalue weighted by atomic mass is 16.5. The van der Waals surface area contributed by atoms with Crippen molar-refractivity contribution in [2.75, 3.05) is 25.1 Å². The van der Waals surface area contributed by atoms with Crippen LogP contribution in [0.5, 0.6) is 0 Å². The molecule has 0 atom stereocenters. The van der Waals surface area contributed by atoms with Crippen LogP contribution in [-0.4, -0.2) is 26.2 Å². The van der Waals surface area contributed by atoms with E-state index in [4.69, 9.17) is 17.3 Å². The molecule has 1 heterocycles. The van der Waals surface area contributed by atoms with Gasteiger partial charge in [0.1, 0.15) is 17.2 Å². The topological polar surface area (TPSA) is 66.5 Å². The van der Waals surface area contributed by atoms with Crippen molar-refractivity contribution in [3.8, 4) is 30.8 Å². The van der Waals surface area contributed by atoms with Gasteiger partial charge in [0.25, 0.3) is 0 Å². The maximum Gasteiger partial charge on any atom is 0.337 e. The lowest BCUT2D eigenvalue weighted by Crippen LogP contribution is -2.23. The minimum atomic E-state index is -0.488. The van der Waals surface area contributed by atoms with Gasteiger partial charge < -0.3 is 14.1 Å². The van der Waals surface area contributed by atoms with Gasteiger partial charge in [0, 0.05) is 5.39 Å². The first-order chi connectivity index (χ1) is 10.7. The molecule has 5 nitrogen and oxygen atoms in total. The van der Waals surface area contributed by atoms with E-state index in [1.807, 2.05) is 0 Å². The second-order valence-corrected chi connectivity index (χ2v) is 4.36. The van der Waals surface area contributed by atoms with Crippen LogP contribution >= 0.6 is 0 Å². The number of rotatable bonds is 4. The Bertz CT molecular complexity index is 828. The fourth-order valence-electron chi connectivity index (χ4n) is 2.08. The summed E-state index contributed by atoms with van der Waals surface area (Å²) in [5.41, 5.74) is 1.09. The average molecular weight is 292 g/mol. The summed E-state index contributed by atoms with van der Waals surface area (Å²) in [6.45, 7) is 0.422. The van der Waals surface area contributed by atoms with E-state index >= 15 is 0 Å². The van der Waals surface area contributed by atoms with Crippen LogP contribution in [-0.2, 0) is 4.74 Å². The average Bonchev–Trinajstić information content (AvgIpc) is 2.91. The Labute approximate surface area is 128 Å². The van der Waals surface area contributed by atoms with Crippen LogP contribution in [0.15, 0.2) is 22.6 Å². The maximum atomic E-state index is 11.6. The Balaban J connectivity index is 2.63. The van der Waals surface area contributed by atoms with Crippen molar-refractivity contribution in [3.05, 3.63) is 29.3 Å². The molecule has 0 aliphatic rings. The molecule has 5 heteroatoms. The number of methoxy groups -OCH3 is 1. The molecule has 2 aromatic rings. The first-order valence-corrected chi connectivity index (χ1v) is 6.33. The summed E-state index contributed by atoms with van der Waals surface area (Å²) in [6.07, 6.45) is 10.6. The number of benzene rings is 1. The molecule has 22 heavy (non-hydrogen) atoms. The number of ether oxygens (including phenoxy) is 1. The molecule has 0 saturated heterocycles. The fourth-order valence-corrected chi connectivity index (χ4v) is 2.08. The summed E-state index contributed by atoms with van der Waals surface area (Å²) in [5.74, 6) is 4.76. The highest BCUT2D eigenvalue weighted by molar-refractivity contribution is 5.97. The Morgan fingerprint density at radius 1 is 1.36 bits per heavy atom. The van der Waals surface area contributed by atoms with Crippen LogP contribution in [0.1, 0.15) is 15.9 Å². The van der Waals surface area contributed by atoms with Crippen molar-refractivity contribution in [2.24, 2.45) is 0 Å². The SMILES string of the molecule is C#CCN(CC#C)c1oc2ccc(C(=O)OC)cc2c1C#N. The molecular weight excluding hydrogens is 280 g/mol. The van der Waals surface area contributed by atoms with Gasteiger partial charge in [-0.3, -0.25) is 0 Å². The molecular formula is C17H12N2O3. The molecule has 0 spiro atoms. The predicted molar refractivity (Wildman–Crippen MR) is 82.1 cm³/mol. The second-order valence-electron chi connectivity index (χ2n) is 4.36. The molecule has 0 bridgehead atoms. The van der Waals surface area contributed by atoms with Crippen molar-refractivity contribution >= 4 is 22.8 Å². The van der Waals surface area contributed by atoms with Crippen LogP contribution in [0.2, 0.25) is 0 Å². The summed E-state index contributed by atoms with van der Waals surface area (Å²) in [6, 6.07) is 6.80. The molecule has 0 radical (unpaired) electrons. The first kappa shape index (κ1) is 15.0. The van der Waals surface area contributed by atoms with Gasteiger partial charge in [-0.1, -0.05) is 11.8 Å². The molecule has 0 saturated carbocycles. The molecule has 0 fully saturated rings. The quantitative estimate of drug-likeness (QED) is 0.638. The molecule has 0 unspecified atom stereocenters. The van der Waals surface area contributed by atoms with Gasteiger partial charge in [-0.15, -0.1) is 12.8 Å². The second kappa shape index (κ2) is 6.39. The minimum absolute atomic E-state index is 0.211. The Morgan fingerprint density at radius 3 is 2.59 bits per heavy atom. The molecule has 2 rings (SSSR count). The highest BCUT2D eigenvalue weighted by Gasteiger charge is 2.20. The zero-order chi connectivity index (χ0) is 16.1. The number of esters is 1. The van der Waals surface area contributed by atoms with Crippen molar-refractivity contribution in [1.82, 2.24) is 0 Å². The number of nitriles is 1. The highest BCUT2D eigenvalue weighted by Crippen LogP contribution is 2.32. The minimum Gasteiger partial charge on any atom is -0.465 e. The number of carbonyl (C=O) groups excluding carboxylic acids is 1. The number of fused-ring (bicyclic) bond motifs is 1. The first-order valence-electron chi connectivity index (χ1n) is 6.33. The molecule has 0 aliphatic carbocycles. The van der Waals surface area contributed by atoms with E-state index in [0.717, 1.165) is 0 Å². The molecule has 1 aromatic heterocycles. The van der Waals surface area contributed by atoms with Crippen LogP contribution in [0.4, 0.5) is 5.88 Å². The number of carbonyl (C=O) groups is 1. The Kier molecular flexibility index (Phi) is 4.37. The van der Waals surface area contributed by atoms with Gasteiger partial charge in [-0.05, 0) is 18.2 Å². The molecule has 0 N–H and O–H groups in total. The van der Waals surface area contributed by atoms with E-state index in [2.05, 4.69) is 22.6 Å². The Hall–Kier alpha value is -3.36. The van der Waals surface area contributed by atoms with E-state index in [9.17, 15) is 10.1 Å². The van der Waals surface area contributed by atoms with Gasteiger partial charge in [0.05, 0.1) is 25.8 Å². The van der Waals surface area contributed by atoms with E-state index in [0.29, 0.717) is 22.4 Å². The van der Waals surface area contributed by atoms with Crippen molar-refractivity contribution < 1.29 is 13.9 Å². The summed E-state index contributed by atoms with van der Waals surface area (Å²) in [4.78, 5) is 13.2. The van der Waals surface area contributed by atoms with E-state index in [1.165, 1.54) is 7.11 Å². The van der Waals surface area contributed by atoms with Gasteiger partial charge in [0.15, 0.2) is 0 Å². The third-order valence-electron chi connectivity index (χ3n) is 3.05. The van der Waals surface area contributed by atoms with Crippen LogP contribution < -0.4 is 4.90 Å². The molecule has 0 aliphatic heterocycles. The number of hydrogen-bond acceptors (Lipinski definition) is 5. The third kappa shape index (κ3) is 2.59. The standard InChI is InChI=1S/C17H12N2O3/c1-4-8-19(9-5-2)16-14(11-18)13-10-12(17(20)21-3)6-7-15(13)22-16/h1-2,6-7,10H,8-9H2,3H3. The normalized spacial score (nSPS) is 9.55. The van der Waals surface area contributed by atoms with Gasteiger partial charge in [0.2, 0.25) is 5.88 Å². The van der Waals surface area contributed by atoms with Gasteiger partial charge >= 0.3 is 5.97 Å². The molecule has 108 valence electrons. The summed E-state index contributed by atoms with van der Waals surface area (Å²) in [7, 11) is 1.29. The summed E-state index contributed by atoms with van der Waals surface area (Å²) < 4.78 is 10.4. The number of nitrogens with zero attached hydrogens (tertiary/aromatic N) is 2. The maximum absolute atomic E-state index is 11.6. The van der Waals surface area contributed by atoms with Crippen LogP contribution in [0.25, 0.3) is 11.0 Å². The monoisotopic (exact) mass is 292 g/mol. The van der Waals surface area contributed by atoms with E-state index < -0.39 is 5.97 Å². The zero-order valence-corrected chi connectivity index (χ0v) is 11.9. The fraction of sp³-hybridized carbons (Fsp3) is 0.176. The van der Waals surface area contributed by atoms with Crippen molar-refractivity contribution in [1.29, 1.82) is 5.26 Å². The number of terminal acetylenes is 2. The summed E-state index contributed by atoms with van der Waals surface area (Å²) in [5, 5.41) is 9.93. The Morgan fingerprint density at radius 2 is 2.05 bits per heavy atom. The summed E-state index contributed by atoms with van der Waals surface area (Å²) >= 11 is 0. The molecule has 0 amide bonds. The molecule has 1 aromatic carbocycles. The van der Waals surface area contributed by atoms with Gasteiger partial charge in [-0.25, -0.2) is 4.79 Å². The largest absolute Gasteiger partial charge is 0.465 e. The van der Waals surface area contributed by atoms with Gasteiger partial charge in [-0.2, -0.15) is 5.26 Å². The smallest absolute Gasteiger partial charge is 0.337 e. The van der Waals surface area contributed by atoms with E-state index in [1.54, 1.807) is 23.1 Å². The number of furan rings is 1. The lowest BCUT2D eigenvalue weighted by atomic mass is 10.1. The lowest BCUT2D eigenvalue weighted by molar-refractivity contribution is 0.0601. The van der Waals surface area contributed by atoms with Crippen molar-refractivity contribution in [3.63, 3.8) is 0 Å². The lowest BCUT2D eigenvalue weighted by Gasteiger charge is -2.16. The van der Waals surface area contributed by atoms with Crippen LogP contribution in [0.3, 0.4) is 0 Å². The van der Waals surface area contributed by atoms with Crippen molar-refractivity contribution in [2.45, 2.75) is 0 Å². The number of anilines is 1. The zero-order valence-electron chi connectivity index (χ0n) is 11.9. The third-order valence-corrected chi connectivity index (χ3v) is 3.05. The number of hydrogen-bond donors (Lipinski definition) is 0. The predicted octanol–water partition coefficient (Wildman–Crippen LogP) is 2.16. The van der Waals surface area contributed by atoms with E-state index in [-0.39, 0.29) is 18.7 Å². The van der Waals surface area contributed by atoms with Crippen LogP contribution in [0, 0.1) is 36.0 Å².